The fraction of sp³-hybridized carbons (Fsp3) is 0.400. The number of aromatic nitrogens is 2. The molecule has 0 aliphatic rings. The second-order valence-electron chi connectivity index (χ2n) is 4.67. The molecule has 0 aliphatic heterocycles. The van der Waals surface area contributed by atoms with Gasteiger partial charge in [0, 0.05) is 18.8 Å². The van der Waals surface area contributed by atoms with Gasteiger partial charge < -0.3 is 10.2 Å². The van der Waals surface area contributed by atoms with Gasteiger partial charge in [-0.05, 0) is 32.4 Å². The number of carbonyl (C=O) groups is 1. The van der Waals surface area contributed by atoms with Crippen LogP contribution in [0.4, 0.5) is 10.8 Å². The summed E-state index contributed by atoms with van der Waals surface area (Å²) in [5.74, 6) is 0.541. The maximum absolute atomic E-state index is 12.0. The van der Waals surface area contributed by atoms with Crippen LogP contribution in [0.5, 0.6) is 0 Å². The van der Waals surface area contributed by atoms with Crippen molar-refractivity contribution in [3.63, 3.8) is 0 Å². The second-order valence-corrected chi connectivity index (χ2v) is 6.87. The average Bonchev–Trinajstić information content (AvgIpc) is 2.96. The zero-order valence-corrected chi connectivity index (χ0v) is 14.6. The Morgan fingerprint density at radius 1 is 1.27 bits per heavy atom. The molecule has 1 aromatic heterocycles. The molecule has 0 spiro atoms. The van der Waals surface area contributed by atoms with E-state index in [9.17, 15) is 4.79 Å². The largest absolute Gasteiger partial charge is 0.343 e. The van der Waals surface area contributed by atoms with Gasteiger partial charge in [0.2, 0.25) is 11.0 Å². The van der Waals surface area contributed by atoms with E-state index < -0.39 is 0 Å². The molecule has 0 fully saturated rings. The summed E-state index contributed by atoms with van der Waals surface area (Å²) in [5.41, 5.74) is 2.18. The first-order chi connectivity index (χ1) is 10.6. The Balaban J connectivity index is 1.92. The molecule has 1 aromatic carbocycles. The predicted octanol–water partition coefficient (Wildman–Crippen LogP) is 3.55. The van der Waals surface area contributed by atoms with Crippen LogP contribution in [0.15, 0.2) is 28.6 Å². The van der Waals surface area contributed by atoms with Gasteiger partial charge in [-0.1, -0.05) is 41.3 Å². The number of anilines is 2. The smallest absolute Gasteiger partial charge is 0.233 e. The summed E-state index contributed by atoms with van der Waals surface area (Å²) in [4.78, 5) is 13.8. The van der Waals surface area contributed by atoms with E-state index in [1.54, 1.807) is 0 Å². The van der Waals surface area contributed by atoms with Crippen molar-refractivity contribution in [1.82, 2.24) is 15.1 Å². The lowest BCUT2D eigenvalue weighted by Gasteiger charge is -2.17. The lowest BCUT2D eigenvalue weighted by atomic mass is 10.2. The number of rotatable bonds is 7. The van der Waals surface area contributed by atoms with E-state index in [0.717, 1.165) is 33.8 Å². The third-order valence-electron chi connectivity index (χ3n) is 3.23. The van der Waals surface area contributed by atoms with E-state index in [0.29, 0.717) is 5.75 Å². The predicted molar refractivity (Wildman–Crippen MR) is 93.0 cm³/mol. The SMILES string of the molecule is CCN(CC)C(=O)CSc1nnc(Nc2ccccc2C)s1. The molecule has 0 aliphatic carbocycles. The number of benzene rings is 1. The summed E-state index contributed by atoms with van der Waals surface area (Å²) in [6.45, 7) is 7.50. The maximum atomic E-state index is 12.0. The van der Waals surface area contributed by atoms with Crippen LogP contribution < -0.4 is 5.32 Å². The highest BCUT2D eigenvalue weighted by Crippen LogP contribution is 2.28. The Bertz CT molecular complexity index is 626. The first-order valence-electron chi connectivity index (χ1n) is 7.20. The molecular weight excluding hydrogens is 316 g/mol. The molecule has 22 heavy (non-hydrogen) atoms. The molecule has 1 heterocycles. The van der Waals surface area contributed by atoms with E-state index in [4.69, 9.17) is 0 Å². The van der Waals surface area contributed by atoms with Crippen LogP contribution in [0.3, 0.4) is 0 Å². The molecule has 2 rings (SSSR count). The van der Waals surface area contributed by atoms with E-state index in [1.807, 2.05) is 49.9 Å². The van der Waals surface area contributed by atoms with Gasteiger partial charge in [-0.3, -0.25) is 4.79 Å². The third-order valence-corrected chi connectivity index (χ3v) is 5.19. The monoisotopic (exact) mass is 336 g/mol. The van der Waals surface area contributed by atoms with Crippen LogP contribution in [0.2, 0.25) is 0 Å². The van der Waals surface area contributed by atoms with Crippen LogP contribution >= 0.6 is 23.1 Å². The van der Waals surface area contributed by atoms with Gasteiger partial charge in [0.15, 0.2) is 4.34 Å². The van der Waals surface area contributed by atoms with Crippen LogP contribution in [-0.4, -0.2) is 39.8 Å². The number of hydrogen-bond donors (Lipinski definition) is 1. The summed E-state index contributed by atoms with van der Waals surface area (Å²) < 4.78 is 0.802. The summed E-state index contributed by atoms with van der Waals surface area (Å²) in [6, 6.07) is 8.03. The van der Waals surface area contributed by atoms with Crippen molar-refractivity contribution >= 4 is 39.8 Å². The van der Waals surface area contributed by atoms with E-state index in [2.05, 4.69) is 15.5 Å². The number of para-hydroxylation sites is 1. The molecule has 118 valence electrons. The highest BCUT2D eigenvalue weighted by atomic mass is 32.2. The Morgan fingerprint density at radius 3 is 2.68 bits per heavy atom. The van der Waals surface area contributed by atoms with Gasteiger partial charge >= 0.3 is 0 Å². The van der Waals surface area contributed by atoms with Crippen molar-refractivity contribution in [2.24, 2.45) is 0 Å². The van der Waals surface area contributed by atoms with Crippen molar-refractivity contribution in [2.45, 2.75) is 25.1 Å². The van der Waals surface area contributed by atoms with Crippen LogP contribution in [0.1, 0.15) is 19.4 Å². The number of nitrogens with one attached hydrogen (secondary N) is 1. The van der Waals surface area contributed by atoms with Gasteiger partial charge in [-0.15, -0.1) is 10.2 Å². The van der Waals surface area contributed by atoms with Crippen molar-refractivity contribution in [2.75, 3.05) is 24.2 Å². The Kier molecular flexibility index (Phi) is 6.21. The van der Waals surface area contributed by atoms with Crippen molar-refractivity contribution < 1.29 is 4.79 Å². The van der Waals surface area contributed by atoms with Gasteiger partial charge in [-0.25, -0.2) is 0 Å². The first-order valence-corrected chi connectivity index (χ1v) is 9.01. The lowest BCUT2D eigenvalue weighted by molar-refractivity contribution is -0.127. The Labute approximate surface area is 139 Å². The van der Waals surface area contributed by atoms with Gasteiger partial charge in [0.05, 0.1) is 5.75 Å². The van der Waals surface area contributed by atoms with Crippen molar-refractivity contribution in [3.05, 3.63) is 29.8 Å². The molecule has 1 amide bonds. The third kappa shape index (κ3) is 4.45. The molecule has 0 radical (unpaired) electrons. The van der Waals surface area contributed by atoms with Crippen LogP contribution in [-0.2, 0) is 4.79 Å². The maximum Gasteiger partial charge on any atom is 0.233 e. The summed E-state index contributed by atoms with van der Waals surface area (Å²) in [5, 5.41) is 12.3. The number of amides is 1. The Hall–Kier alpha value is -1.60. The highest BCUT2D eigenvalue weighted by molar-refractivity contribution is 8.01. The Morgan fingerprint density at radius 2 is 2.00 bits per heavy atom. The molecule has 0 bridgehead atoms. The van der Waals surface area contributed by atoms with Gasteiger partial charge in [0.25, 0.3) is 0 Å². The second kappa shape index (κ2) is 8.14. The van der Waals surface area contributed by atoms with E-state index >= 15 is 0 Å². The number of nitrogens with zero attached hydrogens (tertiary/aromatic N) is 3. The van der Waals surface area contributed by atoms with E-state index in [1.165, 1.54) is 23.1 Å². The molecule has 1 N–H and O–H groups in total. The standard InChI is InChI=1S/C15H20N4OS2/c1-4-19(5-2)13(20)10-21-15-18-17-14(22-15)16-12-9-7-6-8-11(12)3/h6-9H,4-5,10H2,1-3H3,(H,16,17). The van der Waals surface area contributed by atoms with Crippen LogP contribution in [0.25, 0.3) is 0 Å². The quantitative estimate of drug-likeness (QED) is 0.784. The summed E-state index contributed by atoms with van der Waals surface area (Å²) in [6.07, 6.45) is 0. The van der Waals surface area contributed by atoms with Crippen molar-refractivity contribution in [3.8, 4) is 0 Å². The van der Waals surface area contributed by atoms with Gasteiger partial charge in [-0.2, -0.15) is 0 Å². The number of carbonyl (C=O) groups excluding carboxylic acids is 1. The fourth-order valence-corrected chi connectivity index (χ4v) is 3.61. The lowest BCUT2D eigenvalue weighted by Crippen LogP contribution is -2.31. The molecule has 0 saturated heterocycles. The average molecular weight is 336 g/mol. The number of thioether (sulfide) groups is 1. The summed E-state index contributed by atoms with van der Waals surface area (Å²) in [7, 11) is 0. The molecule has 0 unspecified atom stereocenters. The zero-order chi connectivity index (χ0) is 15.9. The van der Waals surface area contributed by atoms with Gasteiger partial charge in [0.1, 0.15) is 0 Å². The number of aryl methyl sites for hydroxylation is 1. The minimum atomic E-state index is 0.138. The molecular formula is C15H20N4OS2. The highest BCUT2D eigenvalue weighted by Gasteiger charge is 2.12. The molecule has 7 heteroatoms. The van der Waals surface area contributed by atoms with Crippen LogP contribution in [0, 0.1) is 6.92 Å². The molecule has 0 saturated carbocycles. The molecule has 0 atom stereocenters. The zero-order valence-electron chi connectivity index (χ0n) is 13.0. The fourth-order valence-electron chi connectivity index (χ4n) is 1.94. The summed E-state index contributed by atoms with van der Waals surface area (Å²) >= 11 is 2.90. The first kappa shape index (κ1) is 16.8. The van der Waals surface area contributed by atoms with Crippen molar-refractivity contribution in [1.29, 1.82) is 0 Å². The minimum absolute atomic E-state index is 0.138. The van der Waals surface area contributed by atoms with E-state index in [-0.39, 0.29) is 5.91 Å². The normalized spacial score (nSPS) is 10.5. The minimum Gasteiger partial charge on any atom is -0.343 e. The topological polar surface area (TPSA) is 58.1 Å². The molecule has 2 aromatic rings. The molecule has 5 nitrogen and oxygen atoms in total. The number of hydrogen-bond acceptors (Lipinski definition) is 6.